The molecule has 0 rings (SSSR count). The highest BCUT2D eigenvalue weighted by Crippen LogP contribution is 2.45. The minimum Gasteiger partial charge on any atom is -0.462 e. The van der Waals surface area contributed by atoms with Gasteiger partial charge in [-0.3, -0.25) is 37.3 Å². The lowest BCUT2D eigenvalue weighted by molar-refractivity contribution is -0.161. The molecular formula is C74H144O17P2. The van der Waals surface area contributed by atoms with Gasteiger partial charge in [0.1, 0.15) is 19.3 Å². The molecule has 0 aliphatic heterocycles. The summed E-state index contributed by atoms with van der Waals surface area (Å²) in [7, 11) is -9.91. The van der Waals surface area contributed by atoms with Crippen molar-refractivity contribution in [3.05, 3.63) is 0 Å². The standard InChI is InChI=1S/C74H144O17P2/c1-9-66(7)52-44-36-27-21-16-18-23-29-38-46-54-71(76)84-60-69(90-73(78)56-48-40-30-24-15-13-11-12-14-20-26-34-42-50-64(3)4)62-88-92(80,81)86-58-68(75)59-87-93(82,83)89-63-70(61-85-72(77)55-47-39-33-32-35-43-51-65(5)6)91-74(79)57-49-41-31-25-19-17-22-28-37-45-53-67(8)10-2/h64-70,75H,9-63H2,1-8H3,(H,80,81)(H,82,83)/t66?,67?,68-,69-,70-/m1/s1. The van der Waals surface area contributed by atoms with Gasteiger partial charge in [-0.05, 0) is 49.4 Å². The van der Waals surface area contributed by atoms with E-state index in [0.717, 1.165) is 114 Å². The van der Waals surface area contributed by atoms with Gasteiger partial charge >= 0.3 is 39.5 Å². The first kappa shape index (κ1) is 91.1. The van der Waals surface area contributed by atoms with Crippen LogP contribution in [-0.4, -0.2) is 96.7 Å². The molecule has 7 atom stereocenters. The summed E-state index contributed by atoms with van der Waals surface area (Å²) < 4.78 is 68.4. The van der Waals surface area contributed by atoms with Gasteiger partial charge in [0.05, 0.1) is 26.4 Å². The van der Waals surface area contributed by atoms with Crippen molar-refractivity contribution in [2.24, 2.45) is 23.7 Å². The number of carbonyl (C=O) groups is 4. The summed E-state index contributed by atoms with van der Waals surface area (Å²) >= 11 is 0. The molecule has 0 amide bonds. The molecule has 0 aromatic heterocycles. The van der Waals surface area contributed by atoms with Gasteiger partial charge in [-0.25, -0.2) is 9.13 Å². The summed E-state index contributed by atoms with van der Waals surface area (Å²) in [6.07, 6.45) is 47.1. The predicted octanol–water partition coefficient (Wildman–Crippen LogP) is 21.3. The molecule has 0 bridgehead atoms. The zero-order chi connectivity index (χ0) is 68.9. The monoisotopic (exact) mass is 1370 g/mol. The summed E-state index contributed by atoms with van der Waals surface area (Å²) in [4.78, 5) is 72.7. The summed E-state index contributed by atoms with van der Waals surface area (Å²) in [6.45, 7) is 14.2. The van der Waals surface area contributed by atoms with Gasteiger partial charge in [0.15, 0.2) is 12.2 Å². The highest BCUT2D eigenvalue weighted by atomic mass is 31.2. The first-order chi connectivity index (χ1) is 44.7. The Morgan fingerprint density at radius 1 is 0.301 bits per heavy atom. The predicted molar refractivity (Wildman–Crippen MR) is 377 cm³/mol. The molecule has 17 nitrogen and oxygen atoms in total. The minimum absolute atomic E-state index is 0.105. The Bertz CT molecular complexity index is 1840. The third kappa shape index (κ3) is 65.8. The second-order valence-corrected chi connectivity index (χ2v) is 31.0. The van der Waals surface area contributed by atoms with Crippen LogP contribution in [0, 0.1) is 23.7 Å². The SMILES string of the molecule is CCC(C)CCCCCCCCCCCCC(=O)OC[C@H](COP(=O)(O)OC[C@@H](O)COP(=O)(O)OC[C@@H](COC(=O)CCCCCCCCC(C)C)OC(=O)CCCCCCCCCCCCC(C)CC)OC(=O)CCCCCCCCCCCCCCCC(C)C. The van der Waals surface area contributed by atoms with E-state index in [4.69, 9.17) is 37.0 Å². The summed E-state index contributed by atoms with van der Waals surface area (Å²) in [6, 6.07) is 0. The van der Waals surface area contributed by atoms with Gasteiger partial charge in [-0.15, -0.1) is 0 Å². The normalized spacial score (nSPS) is 14.8. The Hall–Kier alpha value is -1.94. The molecule has 0 aliphatic rings. The molecule has 0 heterocycles. The van der Waals surface area contributed by atoms with Crippen LogP contribution in [0.4, 0.5) is 0 Å². The van der Waals surface area contributed by atoms with E-state index in [1.165, 1.54) is 167 Å². The van der Waals surface area contributed by atoms with Crippen LogP contribution in [0.3, 0.4) is 0 Å². The molecule has 19 heteroatoms. The van der Waals surface area contributed by atoms with Gasteiger partial charge in [-0.2, -0.15) is 0 Å². The molecule has 4 unspecified atom stereocenters. The smallest absolute Gasteiger partial charge is 0.462 e. The van der Waals surface area contributed by atoms with E-state index >= 15 is 0 Å². The lowest BCUT2D eigenvalue weighted by Crippen LogP contribution is -2.30. The van der Waals surface area contributed by atoms with Gasteiger partial charge in [0.25, 0.3) is 0 Å². The number of hydrogen-bond acceptors (Lipinski definition) is 15. The van der Waals surface area contributed by atoms with E-state index in [1.807, 2.05) is 0 Å². The van der Waals surface area contributed by atoms with Crippen LogP contribution in [0.5, 0.6) is 0 Å². The average molecular weight is 1370 g/mol. The molecule has 3 N–H and O–H groups in total. The second kappa shape index (κ2) is 63.5. The Labute approximate surface area is 568 Å². The molecule has 0 radical (unpaired) electrons. The Kier molecular flexibility index (Phi) is 62.2. The number of ether oxygens (including phenoxy) is 4. The van der Waals surface area contributed by atoms with E-state index in [1.54, 1.807) is 0 Å². The number of phosphoric ester groups is 2. The van der Waals surface area contributed by atoms with Gasteiger partial charge in [0, 0.05) is 25.7 Å². The number of unbranched alkanes of at least 4 members (excludes halogenated alkanes) is 35. The zero-order valence-electron chi connectivity index (χ0n) is 60.9. The largest absolute Gasteiger partial charge is 0.472 e. The lowest BCUT2D eigenvalue weighted by Gasteiger charge is -2.21. The molecule has 0 aromatic rings. The zero-order valence-corrected chi connectivity index (χ0v) is 62.7. The topological polar surface area (TPSA) is 237 Å². The van der Waals surface area contributed by atoms with E-state index in [-0.39, 0.29) is 25.7 Å². The minimum atomic E-state index is -4.96. The molecule has 0 spiro atoms. The number of carbonyl (C=O) groups excluding carboxylic acids is 4. The Morgan fingerprint density at radius 2 is 0.516 bits per heavy atom. The molecule has 93 heavy (non-hydrogen) atoms. The highest BCUT2D eigenvalue weighted by Gasteiger charge is 2.30. The van der Waals surface area contributed by atoms with Crippen molar-refractivity contribution >= 4 is 39.5 Å². The van der Waals surface area contributed by atoms with Crippen molar-refractivity contribution in [3.63, 3.8) is 0 Å². The van der Waals surface area contributed by atoms with Crippen LogP contribution in [0.15, 0.2) is 0 Å². The third-order valence-corrected chi connectivity index (χ3v) is 19.7. The van der Waals surface area contributed by atoms with Gasteiger partial charge in [-0.1, -0.05) is 319 Å². The van der Waals surface area contributed by atoms with Crippen molar-refractivity contribution in [1.29, 1.82) is 0 Å². The first-order valence-corrected chi connectivity index (χ1v) is 41.3. The molecule has 0 saturated carbocycles. The van der Waals surface area contributed by atoms with Crippen molar-refractivity contribution in [1.82, 2.24) is 0 Å². The number of phosphoric acid groups is 2. The quantitative estimate of drug-likeness (QED) is 0.0222. The molecule has 0 aromatic carbocycles. The van der Waals surface area contributed by atoms with Gasteiger partial charge in [0.2, 0.25) is 0 Å². The first-order valence-electron chi connectivity index (χ1n) is 38.3. The van der Waals surface area contributed by atoms with E-state index in [0.29, 0.717) is 31.6 Å². The summed E-state index contributed by atoms with van der Waals surface area (Å²) in [5.41, 5.74) is 0. The van der Waals surface area contributed by atoms with Crippen molar-refractivity contribution in [3.8, 4) is 0 Å². The lowest BCUT2D eigenvalue weighted by atomic mass is 9.99. The van der Waals surface area contributed by atoms with Crippen molar-refractivity contribution < 1.29 is 80.2 Å². The number of aliphatic hydroxyl groups is 1. The fraction of sp³-hybridized carbons (Fsp3) is 0.946. The number of esters is 4. The molecule has 0 fully saturated rings. The Morgan fingerprint density at radius 3 is 0.763 bits per heavy atom. The summed E-state index contributed by atoms with van der Waals surface area (Å²) in [5.74, 6) is 0.954. The average Bonchev–Trinajstić information content (AvgIpc) is 2.66. The van der Waals surface area contributed by atoms with Gasteiger partial charge < -0.3 is 33.8 Å². The third-order valence-electron chi connectivity index (χ3n) is 17.8. The maximum absolute atomic E-state index is 13.1. The Balaban J connectivity index is 5.26. The van der Waals surface area contributed by atoms with Crippen LogP contribution in [0.25, 0.3) is 0 Å². The molecule has 0 aliphatic carbocycles. The van der Waals surface area contributed by atoms with E-state index < -0.39 is 97.5 Å². The highest BCUT2D eigenvalue weighted by molar-refractivity contribution is 7.47. The van der Waals surface area contributed by atoms with E-state index in [9.17, 15) is 43.2 Å². The fourth-order valence-corrected chi connectivity index (χ4v) is 12.7. The van der Waals surface area contributed by atoms with Crippen LogP contribution in [0.2, 0.25) is 0 Å². The molecule has 552 valence electrons. The van der Waals surface area contributed by atoms with Crippen LogP contribution < -0.4 is 0 Å². The number of rotatable bonds is 71. The second-order valence-electron chi connectivity index (χ2n) is 28.1. The van der Waals surface area contributed by atoms with Crippen molar-refractivity contribution in [2.75, 3.05) is 39.6 Å². The van der Waals surface area contributed by atoms with E-state index in [2.05, 4.69) is 55.4 Å². The maximum atomic E-state index is 13.1. The maximum Gasteiger partial charge on any atom is 0.472 e. The van der Waals surface area contributed by atoms with Crippen LogP contribution >= 0.6 is 15.6 Å². The molecular weight excluding hydrogens is 1220 g/mol. The number of hydrogen-bond donors (Lipinski definition) is 3. The molecule has 0 saturated heterocycles. The summed E-state index contributed by atoms with van der Waals surface area (Å²) in [5, 5.41) is 10.6. The fourth-order valence-electron chi connectivity index (χ4n) is 11.1. The number of aliphatic hydroxyl groups excluding tert-OH is 1. The van der Waals surface area contributed by atoms with Crippen LogP contribution in [-0.2, 0) is 65.4 Å². The van der Waals surface area contributed by atoms with Crippen molar-refractivity contribution in [2.45, 2.75) is 388 Å². The van der Waals surface area contributed by atoms with Crippen LogP contribution in [0.1, 0.15) is 370 Å².